The Labute approximate surface area is 215 Å². The zero-order valence-electron chi connectivity index (χ0n) is 20.8. The number of fused-ring (bicyclic) bond motifs is 2. The lowest BCUT2D eigenvalue weighted by Crippen LogP contribution is -2.38. The van der Waals surface area contributed by atoms with Crippen LogP contribution in [0.25, 0.3) is 11.1 Å². The molecule has 7 heteroatoms. The number of carbonyl (C=O) groups is 2. The van der Waals surface area contributed by atoms with Crippen molar-refractivity contribution in [3.8, 4) is 16.9 Å². The predicted octanol–water partition coefficient (Wildman–Crippen LogP) is 5.11. The lowest BCUT2D eigenvalue weighted by atomic mass is 9.89. The molecule has 2 aliphatic rings. The molecule has 1 amide bonds. The number of aliphatic carboxylic acids is 1. The molecule has 0 radical (unpaired) electrons. The van der Waals surface area contributed by atoms with Gasteiger partial charge in [-0.05, 0) is 65.3 Å². The van der Waals surface area contributed by atoms with Gasteiger partial charge in [-0.1, -0.05) is 42.5 Å². The third-order valence-corrected chi connectivity index (χ3v) is 7.15. The fraction of sp³-hybridized carbons (Fsp3) is 0.333. The van der Waals surface area contributed by atoms with E-state index in [4.69, 9.17) is 9.47 Å². The molecule has 1 N–H and O–H groups in total. The molecular weight excluding hydrogens is 473 g/mol. The number of halogens is 1. The van der Waals surface area contributed by atoms with Crippen LogP contribution in [-0.4, -0.2) is 41.6 Å². The number of ether oxygens (including phenoxy) is 2. The summed E-state index contributed by atoms with van der Waals surface area (Å²) in [6.07, 6.45) is 1.11. The monoisotopic (exact) mass is 503 g/mol. The number of hydrogen-bond donors (Lipinski definition) is 1. The third-order valence-electron chi connectivity index (χ3n) is 7.15. The van der Waals surface area contributed by atoms with Gasteiger partial charge in [0.2, 0.25) is 5.91 Å². The van der Waals surface area contributed by atoms with Gasteiger partial charge in [-0.2, -0.15) is 0 Å². The van der Waals surface area contributed by atoms with Crippen molar-refractivity contribution in [3.05, 3.63) is 88.2 Å². The maximum Gasteiger partial charge on any atom is 0.307 e. The lowest BCUT2D eigenvalue weighted by molar-refractivity contribution is -0.136. The van der Waals surface area contributed by atoms with Gasteiger partial charge in [-0.3, -0.25) is 9.59 Å². The topological polar surface area (TPSA) is 76.1 Å². The van der Waals surface area contributed by atoms with E-state index in [1.807, 2.05) is 31.2 Å². The molecular formula is C30H30FNO5. The van der Waals surface area contributed by atoms with Crippen molar-refractivity contribution in [1.82, 2.24) is 4.90 Å². The number of carbonyl (C=O) groups excluding carboxylic acids is 1. The molecule has 0 fully saturated rings. The summed E-state index contributed by atoms with van der Waals surface area (Å²) in [5.41, 5.74) is 5.82. The van der Waals surface area contributed by atoms with Crippen LogP contribution in [0.1, 0.15) is 47.3 Å². The van der Waals surface area contributed by atoms with E-state index in [9.17, 15) is 19.1 Å². The van der Waals surface area contributed by atoms with E-state index in [1.54, 1.807) is 23.1 Å². The largest absolute Gasteiger partial charge is 0.493 e. The fourth-order valence-electron chi connectivity index (χ4n) is 5.38. The first-order chi connectivity index (χ1) is 17.9. The normalized spacial score (nSPS) is 16.6. The van der Waals surface area contributed by atoms with Gasteiger partial charge in [-0.15, -0.1) is 0 Å². The zero-order chi connectivity index (χ0) is 25.9. The van der Waals surface area contributed by atoms with E-state index in [-0.39, 0.29) is 37.2 Å². The van der Waals surface area contributed by atoms with Crippen LogP contribution in [0.2, 0.25) is 0 Å². The highest BCUT2D eigenvalue weighted by molar-refractivity contribution is 5.80. The van der Waals surface area contributed by atoms with Crippen LogP contribution in [-0.2, 0) is 40.1 Å². The molecule has 1 atom stereocenters. The van der Waals surface area contributed by atoms with Crippen LogP contribution < -0.4 is 4.74 Å². The second-order valence-electron chi connectivity index (χ2n) is 9.46. The van der Waals surface area contributed by atoms with Crippen LogP contribution in [0.3, 0.4) is 0 Å². The van der Waals surface area contributed by atoms with E-state index in [0.29, 0.717) is 43.1 Å². The van der Waals surface area contributed by atoms with Crippen LogP contribution in [0, 0.1) is 5.82 Å². The van der Waals surface area contributed by atoms with E-state index >= 15 is 0 Å². The Bertz CT molecular complexity index is 1340. The molecule has 0 aromatic heterocycles. The molecule has 6 nitrogen and oxygen atoms in total. The van der Waals surface area contributed by atoms with Gasteiger partial charge < -0.3 is 19.5 Å². The summed E-state index contributed by atoms with van der Waals surface area (Å²) < 4.78 is 26.7. The maximum atomic E-state index is 14.9. The quantitative estimate of drug-likeness (QED) is 0.485. The minimum atomic E-state index is -0.923. The van der Waals surface area contributed by atoms with Crippen LogP contribution >= 0.6 is 0 Å². The lowest BCUT2D eigenvalue weighted by Gasteiger charge is -2.33. The van der Waals surface area contributed by atoms with Gasteiger partial charge in [-0.25, -0.2) is 4.39 Å². The number of rotatable bonds is 7. The Morgan fingerprint density at radius 1 is 1.08 bits per heavy atom. The molecule has 5 rings (SSSR count). The Morgan fingerprint density at radius 2 is 1.89 bits per heavy atom. The second-order valence-corrected chi connectivity index (χ2v) is 9.46. The number of amides is 1. The first-order valence-electron chi connectivity index (χ1n) is 12.7. The minimum Gasteiger partial charge on any atom is -0.493 e. The van der Waals surface area contributed by atoms with Crippen molar-refractivity contribution in [2.45, 2.75) is 45.3 Å². The number of hydrogen-bond acceptors (Lipinski definition) is 4. The van der Waals surface area contributed by atoms with Crippen LogP contribution in [0.15, 0.2) is 54.6 Å². The van der Waals surface area contributed by atoms with E-state index in [2.05, 4.69) is 6.07 Å². The fourth-order valence-corrected chi connectivity index (χ4v) is 5.38. The van der Waals surface area contributed by atoms with Crippen molar-refractivity contribution >= 4 is 11.9 Å². The summed E-state index contributed by atoms with van der Waals surface area (Å²) in [5.74, 6) is -0.681. The van der Waals surface area contributed by atoms with E-state index in [0.717, 1.165) is 28.7 Å². The summed E-state index contributed by atoms with van der Waals surface area (Å²) in [7, 11) is 0. The van der Waals surface area contributed by atoms with E-state index < -0.39 is 5.97 Å². The first kappa shape index (κ1) is 25.0. The smallest absolute Gasteiger partial charge is 0.307 e. The van der Waals surface area contributed by atoms with Gasteiger partial charge in [0, 0.05) is 18.7 Å². The zero-order valence-corrected chi connectivity index (χ0v) is 20.8. The van der Waals surface area contributed by atoms with Gasteiger partial charge in [0.05, 0.1) is 32.2 Å². The van der Waals surface area contributed by atoms with E-state index in [1.165, 1.54) is 11.6 Å². The minimum absolute atomic E-state index is 0.0237. The molecule has 3 aromatic carbocycles. The molecule has 0 spiro atoms. The van der Waals surface area contributed by atoms with Crippen molar-refractivity contribution in [3.63, 3.8) is 0 Å². The van der Waals surface area contributed by atoms with Crippen molar-refractivity contribution in [2.75, 3.05) is 19.8 Å². The Kier molecular flexibility index (Phi) is 7.24. The molecule has 0 saturated heterocycles. The van der Waals surface area contributed by atoms with Gasteiger partial charge in [0.25, 0.3) is 0 Å². The second kappa shape index (κ2) is 10.7. The Morgan fingerprint density at radius 3 is 2.70 bits per heavy atom. The highest BCUT2D eigenvalue weighted by atomic mass is 19.1. The molecule has 3 aromatic rings. The molecule has 2 heterocycles. The SMILES string of the molecule is CCOc1cc(CC(=O)O)ccc1-c1ccc(F)c2c1CN(C(=O)C[C@@H]1OCCc3ccccc31)CC2. The van der Waals surface area contributed by atoms with Gasteiger partial charge in [0.15, 0.2) is 0 Å². The molecule has 37 heavy (non-hydrogen) atoms. The molecule has 0 unspecified atom stereocenters. The highest BCUT2D eigenvalue weighted by Crippen LogP contribution is 2.38. The summed E-state index contributed by atoms with van der Waals surface area (Å²) in [4.78, 5) is 26.4. The molecule has 2 aliphatic heterocycles. The van der Waals surface area contributed by atoms with Crippen LogP contribution in [0.4, 0.5) is 4.39 Å². The maximum absolute atomic E-state index is 14.9. The Balaban J connectivity index is 1.43. The number of benzene rings is 3. The summed E-state index contributed by atoms with van der Waals surface area (Å²) in [6.45, 7) is 3.58. The number of carboxylic acid groups (broad SMARTS) is 1. The predicted molar refractivity (Wildman–Crippen MR) is 137 cm³/mol. The van der Waals surface area contributed by atoms with Gasteiger partial charge in [0.1, 0.15) is 11.6 Å². The van der Waals surface area contributed by atoms with Crippen LogP contribution in [0.5, 0.6) is 5.75 Å². The first-order valence-corrected chi connectivity index (χ1v) is 12.7. The highest BCUT2D eigenvalue weighted by Gasteiger charge is 2.30. The standard InChI is InChI=1S/C30H30FNO5/c1-2-36-27-15-19(16-30(34)35)7-8-24(27)22-9-10-26(31)23-11-13-32(18-25(22)23)29(33)17-28-21-6-4-3-5-20(21)12-14-37-28/h3-10,15,28H,2,11-14,16-18H2,1H3,(H,34,35)/t28-/m0/s1. The van der Waals surface area contributed by atoms with Crippen molar-refractivity contribution in [2.24, 2.45) is 0 Å². The van der Waals surface area contributed by atoms with Gasteiger partial charge >= 0.3 is 5.97 Å². The summed E-state index contributed by atoms with van der Waals surface area (Å²) in [6, 6.07) is 16.6. The Hall–Kier alpha value is -3.71. The molecule has 192 valence electrons. The number of nitrogens with zero attached hydrogens (tertiary/aromatic N) is 1. The molecule has 0 bridgehead atoms. The third kappa shape index (κ3) is 5.23. The number of carboxylic acids is 1. The summed E-state index contributed by atoms with van der Waals surface area (Å²) in [5, 5.41) is 9.19. The average molecular weight is 504 g/mol. The average Bonchev–Trinajstić information content (AvgIpc) is 2.89. The molecule has 0 saturated carbocycles. The van der Waals surface area contributed by atoms with Crippen molar-refractivity contribution in [1.29, 1.82) is 0 Å². The van der Waals surface area contributed by atoms with Crippen molar-refractivity contribution < 1.29 is 28.6 Å². The summed E-state index contributed by atoms with van der Waals surface area (Å²) >= 11 is 0. The molecule has 0 aliphatic carbocycles.